The van der Waals surface area contributed by atoms with E-state index in [1.165, 1.54) is 62.5 Å². The average molecular weight is 362 g/mol. The number of carboxylic acid groups (broad SMARTS) is 1. The van der Waals surface area contributed by atoms with Crippen LogP contribution in [0.4, 0.5) is 0 Å². The molecule has 26 heavy (non-hydrogen) atoms. The minimum atomic E-state index is -1.57. The average Bonchev–Trinajstić information content (AvgIpc) is 3.01. The maximum atomic E-state index is 11.1. The fourth-order valence-corrected chi connectivity index (χ4v) is 3.71. The first kappa shape index (κ1) is 20.9. The third-order valence-electron chi connectivity index (χ3n) is 5.47. The van der Waals surface area contributed by atoms with E-state index in [0.717, 1.165) is 6.42 Å². The Labute approximate surface area is 158 Å². The molecule has 2 N–H and O–H groups in total. The molecule has 0 bridgehead atoms. The Morgan fingerprint density at radius 1 is 1.00 bits per heavy atom. The number of carboxylic acids is 1. The lowest BCUT2D eigenvalue weighted by atomic mass is 10.0. The Kier molecular flexibility index (Phi) is 8.60. The molecule has 0 amide bonds. The SMILES string of the molecule is CCCCCCCCCCc1ccc(CN2CCC(O)(C(=O)O)C2)cc1. The zero-order chi connectivity index (χ0) is 18.8. The van der Waals surface area contributed by atoms with Crippen LogP contribution in [0.15, 0.2) is 24.3 Å². The highest BCUT2D eigenvalue weighted by Crippen LogP contribution is 2.23. The van der Waals surface area contributed by atoms with Crippen LogP contribution in [0.25, 0.3) is 0 Å². The van der Waals surface area contributed by atoms with Crippen LogP contribution in [0.2, 0.25) is 0 Å². The number of hydrogen-bond acceptors (Lipinski definition) is 3. The fraction of sp³-hybridized carbons (Fsp3) is 0.682. The van der Waals surface area contributed by atoms with Crippen LogP contribution in [-0.2, 0) is 17.8 Å². The molecule has 0 aliphatic carbocycles. The summed E-state index contributed by atoms with van der Waals surface area (Å²) in [5.41, 5.74) is 0.985. The highest BCUT2D eigenvalue weighted by Gasteiger charge is 2.42. The van der Waals surface area contributed by atoms with Crippen LogP contribution in [0.1, 0.15) is 75.8 Å². The van der Waals surface area contributed by atoms with Crippen molar-refractivity contribution in [1.29, 1.82) is 0 Å². The first-order chi connectivity index (χ1) is 12.5. The summed E-state index contributed by atoms with van der Waals surface area (Å²) in [5, 5.41) is 19.1. The molecule has 0 saturated carbocycles. The van der Waals surface area contributed by atoms with Crippen LogP contribution in [0.3, 0.4) is 0 Å². The molecule has 0 radical (unpaired) electrons. The molecular weight excluding hydrogens is 326 g/mol. The quantitative estimate of drug-likeness (QED) is 0.542. The Bertz CT molecular complexity index is 543. The second kappa shape index (κ2) is 10.7. The van der Waals surface area contributed by atoms with Gasteiger partial charge in [-0.25, -0.2) is 4.79 Å². The summed E-state index contributed by atoms with van der Waals surface area (Å²) in [4.78, 5) is 13.1. The van der Waals surface area contributed by atoms with Gasteiger partial charge in [0.15, 0.2) is 5.60 Å². The molecule has 1 saturated heterocycles. The van der Waals surface area contributed by atoms with Crippen molar-refractivity contribution in [3.8, 4) is 0 Å². The summed E-state index contributed by atoms with van der Waals surface area (Å²) in [7, 11) is 0. The van der Waals surface area contributed by atoms with Crippen molar-refractivity contribution in [2.75, 3.05) is 13.1 Å². The predicted octanol–water partition coefficient (Wildman–Crippen LogP) is 4.39. The van der Waals surface area contributed by atoms with Crippen LogP contribution >= 0.6 is 0 Å². The van der Waals surface area contributed by atoms with Crippen LogP contribution in [-0.4, -0.2) is 39.8 Å². The molecule has 1 aromatic carbocycles. The molecule has 2 rings (SSSR count). The molecule has 1 heterocycles. The van der Waals surface area contributed by atoms with Gasteiger partial charge in [-0.1, -0.05) is 76.1 Å². The molecule has 1 atom stereocenters. The van der Waals surface area contributed by atoms with Gasteiger partial charge in [0.1, 0.15) is 0 Å². The van der Waals surface area contributed by atoms with Gasteiger partial charge in [-0.05, 0) is 24.0 Å². The first-order valence-electron chi connectivity index (χ1n) is 10.3. The van der Waals surface area contributed by atoms with Crippen molar-refractivity contribution < 1.29 is 15.0 Å². The van der Waals surface area contributed by atoms with Gasteiger partial charge < -0.3 is 10.2 Å². The molecule has 1 unspecified atom stereocenters. The van der Waals surface area contributed by atoms with E-state index in [1.807, 2.05) is 4.90 Å². The van der Waals surface area contributed by atoms with E-state index in [9.17, 15) is 9.90 Å². The van der Waals surface area contributed by atoms with Gasteiger partial charge in [-0.15, -0.1) is 0 Å². The molecule has 1 fully saturated rings. The number of hydrogen-bond donors (Lipinski definition) is 2. The highest BCUT2D eigenvalue weighted by atomic mass is 16.4. The van der Waals surface area contributed by atoms with Gasteiger partial charge in [0.05, 0.1) is 0 Å². The van der Waals surface area contributed by atoms with E-state index in [-0.39, 0.29) is 6.54 Å². The number of likely N-dealkylation sites (tertiary alicyclic amines) is 1. The monoisotopic (exact) mass is 361 g/mol. The lowest BCUT2D eigenvalue weighted by Crippen LogP contribution is -2.41. The minimum absolute atomic E-state index is 0.211. The summed E-state index contributed by atoms with van der Waals surface area (Å²) in [5.74, 6) is -1.11. The number of carbonyl (C=O) groups is 1. The van der Waals surface area contributed by atoms with Gasteiger partial charge >= 0.3 is 5.97 Å². The van der Waals surface area contributed by atoms with E-state index in [1.54, 1.807) is 0 Å². The van der Waals surface area contributed by atoms with Gasteiger partial charge in [0.25, 0.3) is 0 Å². The number of aliphatic hydroxyl groups is 1. The third-order valence-corrected chi connectivity index (χ3v) is 5.47. The lowest BCUT2D eigenvalue weighted by Gasteiger charge is -2.19. The summed E-state index contributed by atoms with van der Waals surface area (Å²) in [6, 6.07) is 8.66. The minimum Gasteiger partial charge on any atom is -0.479 e. The Morgan fingerprint density at radius 3 is 2.15 bits per heavy atom. The molecular formula is C22H35NO3. The first-order valence-corrected chi connectivity index (χ1v) is 10.3. The zero-order valence-corrected chi connectivity index (χ0v) is 16.3. The molecule has 1 aromatic rings. The summed E-state index contributed by atoms with van der Waals surface area (Å²) in [6.45, 7) is 3.80. The van der Waals surface area contributed by atoms with E-state index >= 15 is 0 Å². The van der Waals surface area contributed by atoms with E-state index < -0.39 is 11.6 Å². The molecule has 1 aliphatic rings. The van der Waals surface area contributed by atoms with Gasteiger partial charge in [-0.2, -0.15) is 0 Å². The highest BCUT2D eigenvalue weighted by molar-refractivity contribution is 5.77. The van der Waals surface area contributed by atoms with Crippen molar-refractivity contribution in [1.82, 2.24) is 4.90 Å². The summed E-state index contributed by atoms with van der Waals surface area (Å²) in [6.07, 6.45) is 12.2. The zero-order valence-electron chi connectivity index (χ0n) is 16.3. The van der Waals surface area contributed by atoms with Crippen LogP contribution in [0, 0.1) is 0 Å². The molecule has 4 nitrogen and oxygen atoms in total. The third kappa shape index (κ3) is 6.73. The number of aliphatic carboxylic acids is 1. The predicted molar refractivity (Wildman–Crippen MR) is 105 cm³/mol. The van der Waals surface area contributed by atoms with Crippen molar-refractivity contribution >= 4 is 5.97 Å². The summed E-state index contributed by atoms with van der Waals surface area (Å²) < 4.78 is 0. The number of unbranched alkanes of at least 4 members (excludes halogenated alkanes) is 7. The number of β-amino-alcohol motifs (C(OH)–C–C–N with tert-alkyl or cyclic N) is 1. The molecule has 4 heteroatoms. The van der Waals surface area contributed by atoms with Gasteiger partial charge in [-0.3, -0.25) is 4.90 Å². The normalized spacial score (nSPS) is 20.5. The fourth-order valence-electron chi connectivity index (χ4n) is 3.71. The van der Waals surface area contributed by atoms with Crippen molar-refractivity contribution in [2.24, 2.45) is 0 Å². The van der Waals surface area contributed by atoms with Crippen LogP contribution < -0.4 is 0 Å². The van der Waals surface area contributed by atoms with Crippen molar-refractivity contribution in [3.63, 3.8) is 0 Å². The number of aryl methyl sites for hydroxylation is 1. The topological polar surface area (TPSA) is 60.8 Å². The molecule has 0 spiro atoms. The molecule has 0 aromatic heterocycles. The van der Waals surface area contributed by atoms with Gasteiger partial charge in [0, 0.05) is 26.1 Å². The van der Waals surface area contributed by atoms with E-state index in [2.05, 4.69) is 31.2 Å². The second-order valence-electron chi connectivity index (χ2n) is 7.84. The van der Waals surface area contributed by atoms with E-state index in [4.69, 9.17) is 5.11 Å². The number of rotatable bonds is 12. The molecule has 146 valence electrons. The van der Waals surface area contributed by atoms with Crippen molar-refractivity contribution in [2.45, 2.75) is 83.3 Å². The summed E-state index contributed by atoms with van der Waals surface area (Å²) >= 11 is 0. The maximum Gasteiger partial charge on any atom is 0.337 e. The largest absolute Gasteiger partial charge is 0.479 e. The van der Waals surface area contributed by atoms with E-state index in [0.29, 0.717) is 19.5 Å². The maximum absolute atomic E-state index is 11.1. The van der Waals surface area contributed by atoms with Crippen LogP contribution in [0.5, 0.6) is 0 Å². The standard InChI is InChI=1S/C22H35NO3/c1-2-3-4-5-6-7-8-9-10-19-11-13-20(14-12-19)17-23-16-15-22(26,18-23)21(24)25/h11-14,26H,2-10,15-18H2,1H3,(H,24,25). The number of benzene rings is 1. The Hall–Kier alpha value is -1.39. The van der Waals surface area contributed by atoms with Gasteiger partial charge in [0.2, 0.25) is 0 Å². The Morgan fingerprint density at radius 2 is 1.58 bits per heavy atom. The Balaban J connectivity index is 1.63. The lowest BCUT2D eigenvalue weighted by molar-refractivity contribution is -0.157. The second-order valence-corrected chi connectivity index (χ2v) is 7.84. The molecule has 1 aliphatic heterocycles. The number of nitrogens with zero attached hydrogens (tertiary/aromatic N) is 1. The van der Waals surface area contributed by atoms with Crippen molar-refractivity contribution in [3.05, 3.63) is 35.4 Å². The smallest absolute Gasteiger partial charge is 0.337 e.